The van der Waals surface area contributed by atoms with E-state index in [4.69, 9.17) is 4.52 Å². The second kappa shape index (κ2) is 6.70. The Balaban J connectivity index is 2.11. The van der Waals surface area contributed by atoms with Crippen LogP contribution in [0.5, 0.6) is 0 Å². The van der Waals surface area contributed by atoms with Gasteiger partial charge in [0.2, 0.25) is 0 Å². The summed E-state index contributed by atoms with van der Waals surface area (Å²) in [5.41, 5.74) is 0.865. The van der Waals surface area contributed by atoms with Crippen LogP contribution in [0, 0.1) is 6.92 Å². The van der Waals surface area contributed by atoms with Crippen LogP contribution in [0.25, 0.3) is 11.1 Å². The monoisotopic (exact) mass is 359 g/mol. The first-order chi connectivity index (χ1) is 12.3. The van der Waals surface area contributed by atoms with E-state index in [-0.39, 0.29) is 11.8 Å². The van der Waals surface area contributed by atoms with E-state index in [9.17, 15) is 14.7 Å². The maximum Gasteiger partial charge on any atom is 0.329 e. The first-order valence-electron chi connectivity index (χ1n) is 9.06. The van der Waals surface area contributed by atoms with E-state index in [1.165, 1.54) is 4.90 Å². The number of aryl methyl sites for hydroxylation is 1. The van der Waals surface area contributed by atoms with E-state index in [2.05, 4.69) is 10.1 Å². The molecule has 0 atom stereocenters. The standard InChI is InChI=1S/C19H25N3O4/c1-11(2)14-10-13(15-12(3)21-26-16(15)20-14)17(23)22(4)19(18(24)25)8-6-5-7-9-19/h10-11H,5-9H2,1-4H3,(H,24,25). The third-order valence-electron chi connectivity index (χ3n) is 5.48. The van der Waals surface area contributed by atoms with Crippen molar-refractivity contribution in [3.05, 3.63) is 23.0 Å². The predicted molar refractivity (Wildman–Crippen MR) is 96.2 cm³/mol. The molecule has 26 heavy (non-hydrogen) atoms. The molecule has 1 aliphatic carbocycles. The fourth-order valence-corrected chi connectivity index (χ4v) is 3.78. The highest BCUT2D eigenvalue weighted by Gasteiger charge is 2.46. The first kappa shape index (κ1) is 18.4. The van der Waals surface area contributed by atoms with Gasteiger partial charge in [-0.25, -0.2) is 9.78 Å². The molecule has 0 saturated heterocycles. The number of carbonyl (C=O) groups is 2. The summed E-state index contributed by atoms with van der Waals surface area (Å²) in [7, 11) is 1.59. The Morgan fingerprint density at radius 1 is 1.27 bits per heavy atom. The van der Waals surface area contributed by atoms with Crippen molar-refractivity contribution in [2.75, 3.05) is 7.05 Å². The third kappa shape index (κ3) is 2.85. The fourth-order valence-electron chi connectivity index (χ4n) is 3.78. The van der Waals surface area contributed by atoms with Crippen molar-refractivity contribution in [2.24, 2.45) is 0 Å². The summed E-state index contributed by atoms with van der Waals surface area (Å²) in [5, 5.41) is 14.4. The number of hydrogen-bond acceptors (Lipinski definition) is 5. The summed E-state index contributed by atoms with van der Waals surface area (Å²) in [4.78, 5) is 31.3. The van der Waals surface area contributed by atoms with Gasteiger partial charge >= 0.3 is 5.97 Å². The molecule has 7 nitrogen and oxygen atoms in total. The second-order valence-electron chi connectivity index (χ2n) is 7.46. The molecule has 0 spiro atoms. The quantitative estimate of drug-likeness (QED) is 0.897. The van der Waals surface area contributed by atoms with Crippen molar-refractivity contribution in [1.29, 1.82) is 0 Å². The molecule has 1 fully saturated rings. The molecule has 0 unspecified atom stereocenters. The van der Waals surface area contributed by atoms with Gasteiger partial charge in [0, 0.05) is 12.7 Å². The Kier molecular flexibility index (Phi) is 4.73. The van der Waals surface area contributed by atoms with Crippen molar-refractivity contribution in [3.8, 4) is 0 Å². The smallest absolute Gasteiger partial charge is 0.329 e. The van der Waals surface area contributed by atoms with Crippen LogP contribution in [0.1, 0.15) is 73.6 Å². The molecule has 1 amide bonds. The first-order valence-corrected chi connectivity index (χ1v) is 9.06. The Labute approximate surface area is 152 Å². The molecule has 1 aliphatic rings. The van der Waals surface area contributed by atoms with Gasteiger partial charge in [-0.1, -0.05) is 38.3 Å². The minimum absolute atomic E-state index is 0.102. The maximum atomic E-state index is 13.4. The lowest BCUT2D eigenvalue weighted by Crippen LogP contribution is -2.56. The summed E-state index contributed by atoms with van der Waals surface area (Å²) >= 11 is 0. The molecule has 2 aromatic heterocycles. The summed E-state index contributed by atoms with van der Waals surface area (Å²) in [5.74, 6) is -1.16. The van der Waals surface area contributed by atoms with Crippen molar-refractivity contribution in [1.82, 2.24) is 15.0 Å². The Morgan fingerprint density at radius 2 is 1.92 bits per heavy atom. The van der Waals surface area contributed by atoms with Gasteiger partial charge in [-0.3, -0.25) is 4.79 Å². The number of pyridine rings is 1. The highest BCUT2D eigenvalue weighted by atomic mass is 16.5. The summed E-state index contributed by atoms with van der Waals surface area (Å²) < 4.78 is 5.28. The van der Waals surface area contributed by atoms with E-state index in [0.29, 0.717) is 35.2 Å². The fraction of sp³-hybridized carbons (Fsp3) is 0.579. The number of aliphatic carboxylic acids is 1. The van der Waals surface area contributed by atoms with Gasteiger partial charge in [-0.15, -0.1) is 0 Å². The molecular weight excluding hydrogens is 334 g/mol. The van der Waals surface area contributed by atoms with E-state index >= 15 is 0 Å². The number of fused-ring (bicyclic) bond motifs is 1. The normalized spacial score (nSPS) is 16.8. The number of nitrogens with zero attached hydrogens (tertiary/aromatic N) is 3. The number of hydrogen-bond donors (Lipinski definition) is 1. The zero-order chi connectivity index (χ0) is 19.1. The summed E-state index contributed by atoms with van der Waals surface area (Å²) in [6, 6.07) is 1.74. The molecule has 0 radical (unpaired) electrons. The van der Waals surface area contributed by atoms with Crippen LogP contribution in [0.3, 0.4) is 0 Å². The average Bonchev–Trinajstić information content (AvgIpc) is 3.01. The van der Waals surface area contributed by atoms with E-state index in [1.54, 1.807) is 20.0 Å². The number of likely N-dealkylation sites (N-methyl/N-ethyl adjacent to an activating group) is 1. The van der Waals surface area contributed by atoms with E-state index in [1.807, 2.05) is 13.8 Å². The van der Waals surface area contributed by atoms with Crippen LogP contribution >= 0.6 is 0 Å². The summed E-state index contributed by atoms with van der Waals surface area (Å²) in [6.45, 7) is 5.72. The molecule has 1 saturated carbocycles. The zero-order valence-corrected chi connectivity index (χ0v) is 15.7. The van der Waals surface area contributed by atoms with Gasteiger partial charge in [0.25, 0.3) is 11.6 Å². The van der Waals surface area contributed by atoms with Crippen LogP contribution in [0.15, 0.2) is 10.6 Å². The minimum Gasteiger partial charge on any atom is -0.479 e. The summed E-state index contributed by atoms with van der Waals surface area (Å²) in [6.07, 6.45) is 3.55. The Hall–Kier alpha value is -2.44. The third-order valence-corrected chi connectivity index (χ3v) is 5.48. The number of carboxylic acid groups (broad SMARTS) is 1. The largest absolute Gasteiger partial charge is 0.479 e. The van der Waals surface area contributed by atoms with Gasteiger partial charge in [0.05, 0.1) is 16.6 Å². The number of amides is 1. The average molecular weight is 359 g/mol. The predicted octanol–water partition coefficient (Wildman–Crippen LogP) is 3.51. The van der Waals surface area contributed by atoms with Crippen molar-refractivity contribution >= 4 is 23.0 Å². The van der Waals surface area contributed by atoms with Gasteiger partial charge in [-0.2, -0.15) is 0 Å². The molecule has 0 aromatic carbocycles. The SMILES string of the molecule is Cc1noc2nc(C(C)C)cc(C(=O)N(C)C3(C(=O)O)CCCCC3)c12. The van der Waals surface area contributed by atoms with Crippen LogP contribution in [-0.2, 0) is 4.79 Å². The molecular formula is C19H25N3O4. The van der Waals surface area contributed by atoms with Crippen LogP contribution < -0.4 is 0 Å². The van der Waals surface area contributed by atoms with Crippen molar-refractivity contribution < 1.29 is 19.2 Å². The molecule has 140 valence electrons. The lowest BCUT2D eigenvalue weighted by atomic mass is 9.80. The topological polar surface area (TPSA) is 96.5 Å². The van der Waals surface area contributed by atoms with Gasteiger partial charge in [-0.05, 0) is 31.7 Å². The zero-order valence-electron chi connectivity index (χ0n) is 15.7. The van der Waals surface area contributed by atoms with Crippen LogP contribution in [0.4, 0.5) is 0 Å². The molecule has 7 heteroatoms. The number of carbonyl (C=O) groups excluding carboxylic acids is 1. The lowest BCUT2D eigenvalue weighted by Gasteiger charge is -2.41. The van der Waals surface area contributed by atoms with Gasteiger partial charge in [0.15, 0.2) is 0 Å². The molecule has 2 aromatic rings. The minimum atomic E-state index is -1.16. The number of carboxylic acids is 1. The van der Waals surface area contributed by atoms with E-state index < -0.39 is 11.5 Å². The second-order valence-corrected chi connectivity index (χ2v) is 7.46. The van der Waals surface area contributed by atoms with Crippen molar-refractivity contribution in [2.45, 2.75) is 64.3 Å². The van der Waals surface area contributed by atoms with Crippen molar-refractivity contribution in [3.63, 3.8) is 0 Å². The van der Waals surface area contributed by atoms with Gasteiger partial charge < -0.3 is 14.5 Å². The Morgan fingerprint density at radius 3 is 2.50 bits per heavy atom. The Bertz CT molecular complexity index is 850. The van der Waals surface area contributed by atoms with E-state index in [0.717, 1.165) is 25.0 Å². The van der Waals surface area contributed by atoms with Crippen LogP contribution in [0.2, 0.25) is 0 Å². The van der Waals surface area contributed by atoms with Gasteiger partial charge in [0.1, 0.15) is 5.54 Å². The lowest BCUT2D eigenvalue weighted by molar-refractivity contribution is -0.151. The van der Waals surface area contributed by atoms with Crippen LogP contribution in [-0.4, -0.2) is 44.6 Å². The maximum absolute atomic E-state index is 13.4. The molecule has 0 aliphatic heterocycles. The molecule has 3 rings (SSSR count). The highest BCUT2D eigenvalue weighted by molar-refractivity contribution is 6.07. The molecule has 1 N–H and O–H groups in total. The molecule has 0 bridgehead atoms. The number of rotatable bonds is 4. The molecule has 2 heterocycles. The highest BCUT2D eigenvalue weighted by Crippen LogP contribution is 2.35. The number of aromatic nitrogens is 2.